The first-order valence-corrected chi connectivity index (χ1v) is 10.6. The van der Waals surface area contributed by atoms with E-state index in [9.17, 15) is 9.59 Å². The van der Waals surface area contributed by atoms with Gasteiger partial charge in [0.05, 0.1) is 42.9 Å². The van der Waals surface area contributed by atoms with Gasteiger partial charge in [0.2, 0.25) is 5.91 Å². The number of aliphatic imine (C=N–C) groups is 1. The van der Waals surface area contributed by atoms with Crippen molar-refractivity contribution < 1.29 is 23.8 Å². The molecule has 0 aromatic heterocycles. The summed E-state index contributed by atoms with van der Waals surface area (Å²) in [5, 5.41) is 0.402. The van der Waals surface area contributed by atoms with Crippen molar-refractivity contribution in [2.45, 2.75) is 45.4 Å². The number of rotatable bonds is 7. The second-order valence-electron chi connectivity index (χ2n) is 6.58. The lowest BCUT2D eigenvalue weighted by atomic mass is 9.94. The lowest BCUT2D eigenvalue weighted by Crippen LogP contribution is -2.40. The smallest absolute Gasteiger partial charge is 0.338 e. The number of methoxy groups -OCH3 is 1. The van der Waals surface area contributed by atoms with E-state index in [1.165, 1.54) is 18.9 Å². The number of hydrogen-bond acceptors (Lipinski definition) is 7. The number of carbonyl (C=O) groups excluding carboxylic acids is 2. The number of thioether (sulfide) groups is 1. The molecule has 0 unspecified atom stereocenters. The molecule has 1 amide bonds. The average Bonchev–Trinajstić information content (AvgIpc) is 3.03. The highest BCUT2D eigenvalue weighted by Crippen LogP contribution is 2.45. The van der Waals surface area contributed by atoms with Gasteiger partial charge < -0.3 is 14.2 Å². The third kappa shape index (κ3) is 3.85. The SMILES string of the molecule is CCOc1ccc([C@H]2C(C(=O)OC)=C(C)N=C3S[C@@H](CC)C(=O)N32)cc1OCC. The molecule has 0 saturated carbocycles. The number of allylic oxidation sites excluding steroid dienone is 1. The van der Waals surface area contributed by atoms with Gasteiger partial charge >= 0.3 is 5.97 Å². The molecule has 2 heterocycles. The Morgan fingerprint density at radius 3 is 2.48 bits per heavy atom. The maximum atomic E-state index is 13.1. The average molecular weight is 419 g/mol. The molecule has 1 aromatic carbocycles. The Labute approximate surface area is 175 Å². The topological polar surface area (TPSA) is 77.4 Å². The molecule has 2 aliphatic rings. The normalized spacial score (nSPS) is 21.1. The highest BCUT2D eigenvalue weighted by molar-refractivity contribution is 8.15. The van der Waals surface area contributed by atoms with Crippen LogP contribution in [0.3, 0.4) is 0 Å². The van der Waals surface area contributed by atoms with Gasteiger partial charge in [-0.25, -0.2) is 9.79 Å². The van der Waals surface area contributed by atoms with Gasteiger partial charge in [0.15, 0.2) is 16.7 Å². The summed E-state index contributed by atoms with van der Waals surface area (Å²) in [6.45, 7) is 8.51. The van der Waals surface area contributed by atoms with Crippen LogP contribution in [0.25, 0.3) is 0 Å². The molecule has 0 aliphatic carbocycles. The lowest BCUT2D eigenvalue weighted by Gasteiger charge is -2.33. The third-order valence-electron chi connectivity index (χ3n) is 4.81. The van der Waals surface area contributed by atoms with E-state index in [1.807, 2.05) is 39.0 Å². The van der Waals surface area contributed by atoms with Gasteiger partial charge in [0, 0.05) is 0 Å². The summed E-state index contributed by atoms with van der Waals surface area (Å²) >= 11 is 1.44. The van der Waals surface area contributed by atoms with Gasteiger partial charge in [-0.05, 0) is 44.9 Å². The number of carbonyl (C=O) groups is 2. The van der Waals surface area contributed by atoms with Gasteiger partial charge in [-0.2, -0.15) is 0 Å². The molecule has 156 valence electrons. The quantitative estimate of drug-likeness (QED) is 0.629. The first-order valence-electron chi connectivity index (χ1n) is 9.73. The van der Waals surface area contributed by atoms with Crippen molar-refractivity contribution in [1.82, 2.24) is 4.90 Å². The van der Waals surface area contributed by atoms with Gasteiger partial charge in [-0.15, -0.1) is 0 Å². The first kappa shape index (κ1) is 21.2. The van der Waals surface area contributed by atoms with E-state index >= 15 is 0 Å². The lowest BCUT2D eigenvalue weighted by molar-refractivity contribution is -0.137. The summed E-state index contributed by atoms with van der Waals surface area (Å²) in [5.74, 6) is 0.641. The molecule has 3 rings (SSSR count). The molecule has 0 spiro atoms. The van der Waals surface area contributed by atoms with Gasteiger partial charge in [0.1, 0.15) is 0 Å². The van der Waals surface area contributed by atoms with Crippen LogP contribution in [0.15, 0.2) is 34.5 Å². The van der Waals surface area contributed by atoms with Crippen molar-refractivity contribution in [1.29, 1.82) is 0 Å². The Bertz CT molecular complexity index is 880. The van der Waals surface area contributed by atoms with Crippen LogP contribution in [-0.4, -0.2) is 47.5 Å². The number of nitrogens with zero attached hydrogens (tertiary/aromatic N) is 2. The van der Waals surface area contributed by atoms with Gasteiger partial charge in [-0.3, -0.25) is 9.69 Å². The Morgan fingerprint density at radius 2 is 1.86 bits per heavy atom. The number of benzene rings is 1. The van der Waals surface area contributed by atoms with E-state index in [4.69, 9.17) is 14.2 Å². The van der Waals surface area contributed by atoms with E-state index in [2.05, 4.69) is 4.99 Å². The number of esters is 1. The van der Waals surface area contributed by atoms with Crippen molar-refractivity contribution in [2.24, 2.45) is 4.99 Å². The summed E-state index contributed by atoms with van der Waals surface area (Å²) in [5.41, 5.74) is 1.65. The maximum Gasteiger partial charge on any atom is 0.338 e. The zero-order valence-electron chi connectivity index (χ0n) is 17.4. The molecular weight excluding hydrogens is 392 g/mol. The van der Waals surface area contributed by atoms with E-state index < -0.39 is 12.0 Å². The standard InChI is InChI=1S/C21H26N2O5S/c1-6-16-19(24)23-18(17(20(25)26-5)12(4)22-21(23)29-16)13-9-10-14(27-7-2)15(11-13)28-8-3/h9-11,16,18H,6-8H2,1-5H3/t16-,18-/m0/s1. The predicted octanol–water partition coefficient (Wildman–Crippen LogP) is 3.70. The summed E-state index contributed by atoms with van der Waals surface area (Å²) in [6.07, 6.45) is 0.686. The van der Waals surface area contributed by atoms with Crippen LogP contribution in [0.2, 0.25) is 0 Å². The van der Waals surface area contributed by atoms with Crippen LogP contribution in [-0.2, 0) is 14.3 Å². The molecule has 1 aromatic rings. The number of fused-ring (bicyclic) bond motifs is 1. The molecule has 2 aliphatic heterocycles. The second kappa shape index (κ2) is 8.90. The fourth-order valence-corrected chi connectivity index (χ4v) is 4.65. The molecule has 0 N–H and O–H groups in total. The minimum absolute atomic E-state index is 0.0537. The Morgan fingerprint density at radius 1 is 1.17 bits per heavy atom. The Kier molecular flexibility index (Phi) is 6.52. The molecule has 7 nitrogen and oxygen atoms in total. The molecule has 0 bridgehead atoms. The fourth-order valence-electron chi connectivity index (χ4n) is 3.51. The highest BCUT2D eigenvalue weighted by atomic mass is 32.2. The van der Waals surface area contributed by atoms with Crippen LogP contribution in [0, 0.1) is 0 Å². The van der Waals surface area contributed by atoms with E-state index in [0.717, 1.165) is 5.56 Å². The van der Waals surface area contributed by atoms with Crippen LogP contribution >= 0.6 is 11.8 Å². The third-order valence-corrected chi connectivity index (χ3v) is 6.13. The first-order chi connectivity index (χ1) is 14.0. The summed E-state index contributed by atoms with van der Waals surface area (Å²) < 4.78 is 16.4. The number of ether oxygens (including phenoxy) is 3. The van der Waals surface area contributed by atoms with Crippen LogP contribution < -0.4 is 9.47 Å². The summed E-state index contributed by atoms with van der Waals surface area (Å²) in [6, 6.07) is 4.87. The zero-order chi connectivity index (χ0) is 21.1. The minimum Gasteiger partial charge on any atom is -0.490 e. The van der Waals surface area contributed by atoms with Crippen molar-refractivity contribution >= 4 is 28.8 Å². The van der Waals surface area contributed by atoms with Gasteiger partial charge in [0.25, 0.3) is 0 Å². The number of amides is 1. The Hall–Kier alpha value is -2.48. The largest absolute Gasteiger partial charge is 0.490 e. The van der Waals surface area contributed by atoms with Gasteiger partial charge in [-0.1, -0.05) is 24.8 Å². The van der Waals surface area contributed by atoms with E-state index in [-0.39, 0.29) is 11.2 Å². The molecular formula is C21H26N2O5S. The number of amidine groups is 1. The fraction of sp³-hybridized carbons (Fsp3) is 0.476. The van der Waals surface area contributed by atoms with E-state index in [0.29, 0.717) is 47.6 Å². The van der Waals surface area contributed by atoms with Crippen molar-refractivity contribution in [3.8, 4) is 11.5 Å². The molecule has 2 atom stereocenters. The molecule has 1 saturated heterocycles. The highest BCUT2D eigenvalue weighted by Gasteiger charge is 2.47. The minimum atomic E-state index is -0.624. The maximum absolute atomic E-state index is 13.1. The number of hydrogen-bond donors (Lipinski definition) is 0. The second-order valence-corrected chi connectivity index (χ2v) is 7.75. The summed E-state index contributed by atoms with van der Waals surface area (Å²) in [4.78, 5) is 31.9. The van der Waals surface area contributed by atoms with E-state index in [1.54, 1.807) is 11.8 Å². The predicted molar refractivity (Wildman–Crippen MR) is 112 cm³/mol. The molecule has 8 heteroatoms. The monoisotopic (exact) mass is 418 g/mol. The molecule has 1 fully saturated rings. The summed E-state index contributed by atoms with van der Waals surface area (Å²) in [7, 11) is 1.33. The molecule has 0 radical (unpaired) electrons. The van der Waals surface area contributed by atoms with Crippen LogP contribution in [0.5, 0.6) is 11.5 Å². The van der Waals surface area contributed by atoms with Crippen molar-refractivity contribution in [3.05, 3.63) is 35.0 Å². The zero-order valence-corrected chi connectivity index (χ0v) is 18.2. The van der Waals surface area contributed by atoms with Crippen LogP contribution in [0.4, 0.5) is 0 Å². The van der Waals surface area contributed by atoms with Crippen molar-refractivity contribution in [2.75, 3.05) is 20.3 Å². The Balaban J connectivity index is 2.15. The van der Waals surface area contributed by atoms with Crippen LogP contribution in [0.1, 0.15) is 45.7 Å². The molecule has 29 heavy (non-hydrogen) atoms. The van der Waals surface area contributed by atoms with Crippen molar-refractivity contribution in [3.63, 3.8) is 0 Å².